The van der Waals surface area contributed by atoms with Crippen LogP contribution in [0.3, 0.4) is 0 Å². The van der Waals surface area contributed by atoms with Gasteiger partial charge in [0, 0.05) is 13.4 Å². The van der Waals surface area contributed by atoms with Gasteiger partial charge in [-0.25, -0.2) is 0 Å². The molecule has 0 aliphatic heterocycles. The fourth-order valence-corrected chi connectivity index (χ4v) is 2.84. The molecular formula is C15H11Br3O. The molecule has 19 heavy (non-hydrogen) atoms. The number of rotatable bonds is 3. The Morgan fingerprint density at radius 1 is 0.895 bits per heavy atom. The Morgan fingerprint density at radius 3 is 2.16 bits per heavy atom. The van der Waals surface area contributed by atoms with Gasteiger partial charge in [0.15, 0.2) is 0 Å². The van der Waals surface area contributed by atoms with Crippen LogP contribution in [0.2, 0.25) is 0 Å². The maximum absolute atomic E-state index is 5.24. The molecule has 0 unspecified atom stereocenters. The number of halogens is 3. The van der Waals surface area contributed by atoms with Gasteiger partial charge in [-0.05, 0) is 67.3 Å². The molecule has 0 bridgehead atoms. The van der Waals surface area contributed by atoms with E-state index in [0.717, 1.165) is 30.3 Å². The smallest absolute Gasteiger partial charge is 0.119 e. The van der Waals surface area contributed by atoms with E-state index in [4.69, 9.17) is 4.74 Å². The standard InChI is InChI=1S/C15H11Br3O/c1-19-13-4-2-3-11(9-13)15(18)14(17)10-5-7-12(16)8-6-10/h2-9H,1H3/b15-14+. The first-order chi connectivity index (χ1) is 9.11. The van der Waals surface area contributed by atoms with Crippen molar-refractivity contribution < 1.29 is 4.74 Å². The Morgan fingerprint density at radius 2 is 1.53 bits per heavy atom. The van der Waals surface area contributed by atoms with Crippen molar-refractivity contribution in [3.63, 3.8) is 0 Å². The van der Waals surface area contributed by atoms with Gasteiger partial charge in [-0.2, -0.15) is 0 Å². The summed E-state index contributed by atoms with van der Waals surface area (Å²) in [6.45, 7) is 0. The Balaban J connectivity index is 2.42. The molecule has 0 heterocycles. The Kier molecular flexibility index (Phi) is 5.25. The predicted molar refractivity (Wildman–Crippen MR) is 91.8 cm³/mol. The van der Waals surface area contributed by atoms with E-state index >= 15 is 0 Å². The summed E-state index contributed by atoms with van der Waals surface area (Å²) < 4.78 is 8.31. The summed E-state index contributed by atoms with van der Waals surface area (Å²) >= 11 is 10.7. The molecule has 0 aromatic heterocycles. The Bertz CT molecular complexity index is 603. The molecule has 0 spiro atoms. The second-order valence-corrected chi connectivity index (χ2v) is 6.37. The van der Waals surface area contributed by atoms with E-state index in [9.17, 15) is 0 Å². The SMILES string of the molecule is COc1cccc(/C(Br)=C(\Br)c2ccc(Br)cc2)c1. The van der Waals surface area contributed by atoms with E-state index in [1.54, 1.807) is 7.11 Å². The summed E-state index contributed by atoms with van der Waals surface area (Å²) in [7, 11) is 1.67. The summed E-state index contributed by atoms with van der Waals surface area (Å²) in [5.41, 5.74) is 2.17. The van der Waals surface area contributed by atoms with Crippen molar-refractivity contribution in [1.82, 2.24) is 0 Å². The van der Waals surface area contributed by atoms with Gasteiger partial charge in [-0.1, -0.05) is 40.2 Å². The number of methoxy groups -OCH3 is 1. The summed E-state index contributed by atoms with van der Waals surface area (Å²) in [4.78, 5) is 0. The lowest BCUT2D eigenvalue weighted by molar-refractivity contribution is 0.414. The van der Waals surface area contributed by atoms with Gasteiger partial charge in [0.05, 0.1) is 7.11 Å². The molecule has 1 nitrogen and oxygen atoms in total. The molecule has 0 aliphatic rings. The van der Waals surface area contributed by atoms with Gasteiger partial charge in [0.2, 0.25) is 0 Å². The fraction of sp³-hybridized carbons (Fsp3) is 0.0667. The normalized spacial score (nSPS) is 12.0. The van der Waals surface area contributed by atoms with Gasteiger partial charge in [0.25, 0.3) is 0 Å². The van der Waals surface area contributed by atoms with Crippen LogP contribution in [0.15, 0.2) is 53.0 Å². The minimum atomic E-state index is 0.838. The van der Waals surface area contributed by atoms with Gasteiger partial charge in [0.1, 0.15) is 5.75 Å². The van der Waals surface area contributed by atoms with E-state index in [-0.39, 0.29) is 0 Å². The zero-order valence-electron chi connectivity index (χ0n) is 10.2. The van der Waals surface area contributed by atoms with Crippen LogP contribution < -0.4 is 4.74 Å². The molecule has 0 saturated heterocycles. The lowest BCUT2D eigenvalue weighted by Gasteiger charge is -2.07. The highest BCUT2D eigenvalue weighted by Gasteiger charge is 2.07. The zero-order valence-corrected chi connectivity index (χ0v) is 14.9. The average Bonchev–Trinajstić information content (AvgIpc) is 2.46. The molecule has 0 amide bonds. The van der Waals surface area contributed by atoms with Crippen molar-refractivity contribution in [2.45, 2.75) is 0 Å². The summed E-state index contributed by atoms with van der Waals surface area (Å²) in [6, 6.07) is 16.1. The third kappa shape index (κ3) is 3.71. The van der Waals surface area contributed by atoms with Crippen LogP contribution in [-0.2, 0) is 0 Å². The first-order valence-corrected chi connectivity index (χ1v) is 7.95. The topological polar surface area (TPSA) is 9.23 Å². The van der Waals surface area contributed by atoms with E-state index in [1.165, 1.54) is 0 Å². The number of benzene rings is 2. The lowest BCUT2D eigenvalue weighted by Crippen LogP contribution is -1.85. The van der Waals surface area contributed by atoms with Crippen molar-refractivity contribution >= 4 is 56.8 Å². The van der Waals surface area contributed by atoms with E-state index < -0.39 is 0 Å². The third-order valence-corrected chi connectivity index (χ3v) is 5.38. The summed E-state index contributed by atoms with van der Waals surface area (Å²) in [6.07, 6.45) is 0. The van der Waals surface area contributed by atoms with Crippen LogP contribution in [0.25, 0.3) is 8.96 Å². The molecule has 2 aromatic rings. The van der Waals surface area contributed by atoms with Gasteiger partial charge < -0.3 is 4.74 Å². The van der Waals surface area contributed by atoms with Crippen molar-refractivity contribution in [1.29, 1.82) is 0 Å². The molecule has 98 valence electrons. The highest BCUT2D eigenvalue weighted by Crippen LogP contribution is 2.36. The van der Waals surface area contributed by atoms with Crippen molar-refractivity contribution in [3.05, 3.63) is 64.1 Å². The molecule has 0 aliphatic carbocycles. The van der Waals surface area contributed by atoms with Crippen LogP contribution in [0.1, 0.15) is 11.1 Å². The Hall–Kier alpha value is -0.580. The highest BCUT2D eigenvalue weighted by molar-refractivity contribution is 9.18. The first kappa shape index (κ1) is 14.8. The van der Waals surface area contributed by atoms with Crippen LogP contribution in [0.4, 0.5) is 0 Å². The third-order valence-electron chi connectivity index (χ3n) is 2.61. The maximum atomic E-state index is 5.24. The lowest BCUT2D eigenvalue weighted by atomic mass is 10.1. The number of hydrogen-bond donors (Lipinski definition) is 0. The fourth-order valence-electron chi connectivity index (χ4n) is 1.61. The minimum Gasteiger partial charge on any atom is -0.497 e. The second-order valence-electron chi connectivity index (χ2n) is 3.87. The molecule has 0 radical (unpaired) electrons. The van der Waals surface area contributed by atoms with Crippen molar-refractivity contribution in [2.75, 3.05) is 7.11 Å². The molecule has 2 rings (SSSR count). The number of hydrogen-bond acceptors (Lipinski definition) is 1. The second kappa shape index (κ2) is 6.73. The molecule has 0 atom stereocenters. The quantitative estimate of drug-likeness (QED) is 0.520. The van der Waals surface area contributed by atoms with Crippen molar-refractivity contribution in [2.24, 2.45) is 0 Å². The predicted octanol–water partition coefficient (Wildman–Crippen LogP) is 6.07. The zero-order chi connectivity index (χ0) is 13.8. The van der Waals surface area contributed by atoms with E-state index in [2.05, 4.69) is 59.9 Å². The van der Waals surface area contributed by atoms with Crippen molar-refractivity contribution in [3.8, 4) is 5.75 Å². The molecule has 0 N–H and O–H groups in total. The molecule has 2 aromatic carbocycles. The van der Waals surface area contributed by atoms with Crippen LogP contribution in [0.5, 0.6) is 5.75 Å². The van der Waals surface area contributed by atoms with Gasteiger partial charge in [-0.15, -0.1) is 0 Å². The van der Waals surface area contributed by atoms with Crippen LogP contribution in [0, 0.1) is 0 Å². The number of ether oxygens (including phenoxy) is 1. The van der Waals surface area contributed by atoms with E-state index in [0.29, 0.717) is 0 Å². The largest absolute Gasteiger partial charge is 0.497 e. The Labute approximate surface area is 138 Å². The van der Waals surface area contributed by atoms with E-state index in [1.807, 2.05) is 36.4 Å². The highest BCUT2D eigenvalue weighted by atomic mass is 79.9. The summed E-state index contributed by atoms with van der Waals surface area (Å²) in [5, 5.41) is 0. The average molecular weight is 447 g/mol. The first-order valence-electron chi connectivity index (χ1n) is 5.57. The van der Waals surface area contributed by atoms with Crippen LogP contribution >= 0.6 is 47.8 Å². The maximum Gasteiger partial charge on any atom is 0.119 e. The molecular weight excluding hydrogens is 436 g/mol. The van der Waals surface area contributed by atoms with Gasteiger partial charge >= 0.3 is 0 Å². The van der Waals surface area contributed by atoms with Crippen LogP contribution in [-0.4, -0.2) is 7.11 Å². The molecule has 0 saturated carbocycles. The molecule has 4 heteroatoms. The molecule has 0 fully saturated rings. The minimum absolute atomic E-state index is 0.838. The van der Waals surface area contributed by atoms with Gasteiger partial charge in [-0.3, -0.25) is 0 Å². The summed E-state index contributed by atoms with van der Waals surface area (Å²) in [5.74, 6) is 0.838. The monoisotopic (exact) mass is 444 g/mol.